The number of carbonyl (C=O) groups is 1. The molecule has 1 saturated heterocycles. The molecule has 0 spiro atoms. The van der Waals surface area contributed by atoms with Crippen molar-refractivity contribution in [2.45, 2.75) is 24.7 Å². The summed E-state index contributed by atoms with van der Waals surface area (Å²) < 4.78 is 31.9. The van der Waals surface area contributed by atoms with Crippen LogP contribution in [0.5, 0.6) is 5.75 Å². The minimum absolute atomic E-state index is 0.151. The second-order valence-electron chi connectivity index (χ2n) is 5.12. The summed E-state index contributed by atoms with van der Waals surface area (Å²) in [5.74, 6) is 5.02. The van der Waals surface area contributed by atoms with Gasteiger partial charge in [-0.25, -0.2) is 14.3 Å². The zero-order valence-corrected chi connectivity index (χ0v) is 13.3. The number of ether oxygens (including phenoxy) is 1. The van der Waals surface area contributed by atoms with Gasteiger partial charge in [-0.05, 0) is 44.0 Å². The maximum atomic E-state index is 12.6. The molecule has 0 unspecified atom stereocenters. The lowest BCUT2D eigenvalue weighted by atomic mass is 9.99. The predicted octanol–water partition coefficient (Wildman–Crippen LogP) is 0.476. The minimum atomic E-state index is -3.61. The second kappa shape index (κ2) is 7.08. The maximum Gasteiger partial charge on any atom is 0.243 e. The third-order valence-electron chi connectivity index (χ3n) is 3.67. The number of carbonyl (C=O) groups excluding carboxylic acids is 1. The van der Waals surface area contributed by atoms with Crippen molar-refractivity contribution in [3.05, 3.63) is 24.3 Å². The molecule has 1 amide bonds. The van der Waals surface area contributed by atoms with Crippen LogP contribution in [-0.4, -0.2) is 38.3 Å². The van der Waals surface area contributed by atoms with Gasteiger partial charge in [0.1, 0.15) is 5.75 Å². The molecular weight excluding hydrogens is 306 g/mol. The van der Waals surface area contributed by atoms with Gasteiger partial charge in [0.05, 0.1) is 17.4 Å². The Balaban J connectivity index is 2.16. The topological polar surface area (TPSA) is 102 Å². The van der Waals surface area contributed by atoms with Crippen molar-refractivity contribution < 1.29 is 17.9 Å². The van der Waals surface area contributed by atoms with Crippen LogP contribution in [0.1, 0.15) is 19.8 Å². The van der Waals surface area contributed by atoms with Crippen molar-refractivity contribution in [3.63, 3.8) is 0 Å². The molecule has 8 heteroatoms. The molecule has 3 N–H and O–H groups in total. The lowest BCUT2D eigenvalue weighted by Crippen LogP contribution is -2.46. The van der Waals surface area contributed by atoms with E-state index in [0.717, 1.165) is 0 Å². The van der Waals surface area contributed by atoms with Gasteiger partial charge in [0.15, 0.2) is 0 Å². The Morgan fingerprint density at radius 3 is 2.68 bits per heavy atom. The van der Waals surface area contributed by atoms with E-state index < -0.39 is 15.9 Å². The molecule has 1 aromatic carbocycles. The minimum Gasteiger partial charge on any atom is -0.494 e. The van der Waals surface area contributed by atoms with E-state index in [1.54, 1.807) is 12.1 Å². The molecule has 1 heterocycles. The summed E-state index contributed by atoms with van der Waals surface area (Å²) in [5.41, 5.74) is 2.09. The van der Waals surface area contributed by atoms with Crippen LogP contribution >= 0.6 is 0 Å². The first kappa shape index (κ1) is 16.7. The van der Waals surface area contributed by atoms with Crippen LogP contribution in [-0.2, 0) is 14.8 Å². The van der Waals surface area contributed by atoms with Crippen molar-refractivity contribution in [2.75, 3.05) is 19.7 Å². The van der Waals surface area contributed by atoms with Gasteiger partial charge < -0.3 is 4.74 Å². The lowest BCUT2D eigenvalue weighted by Gasteiger charge is -2.30. The molecule has 1 atom stereocenters. The molecule has 1 aliphatic rings. The van der Waals surface area contributed by atoms with Crippen LogP contribution in [0.15, 0.2) is 29.2 Å². The number of amides is 1. The smallest absolute Gasteiger partial charge is 0.243 e. The van der Waals surface area contributed by atoms with Crippen LogP contribution in [0, 0.1) is 5.92 Å². The number of hydrogen-bond acceptors (Lipinski definition) is 5. The molecule has 0 bridgehead atoms. The molecule has 7 nitrogen and oxygen atoms in total. The van der Waals surface area contributed by atoms with E-state index in [4.69, 9.17) is 10.6 Å². The highest BCUT2D eigenvalue weighted by atomic mass is 32.2. The number of piperidine rings is 1. The number of nitrogens with one attached hydrogen (secondary N) is 1. The van der Waals surface area contributed by atoms with E-state index in [2.05, 4.69) is 5.43 Å². The van der Waals surface area contributed by atoms with Gasteiger partial charge in [-0.2, -0.15) is 4.31 Å². The highest BCUT2D eigenvalue weighted by Crippen LogP contribution is 2.25. The molecule has 22 heavy (non-hydrogen) atoms. The van der Waals surface area contributed by atoms with Gasteiger partial charge in [-0.15, -0.1) is 0 Å². The number of sulfonamides is 1. The zero-order valence-electron chi connectivity index (χ0n) is 12.5. The van der Waals surface area contributed by atoms with Gasteiger partial charge in [-0.1, -0.05) is 0 Å². The molecule has 0 saturated carbocycles. The number of nitrogens with two attached hydrogens (primary N) is 1. The Bertz CT molecular complexity index is 615. The standard InChI is InChI=1S/C14H21N3O4S/c1-2-21-12-5-7-13(8-6-12)22(19,20)17-9-3-4-11(10-17)14(18)16-15/h5-8,11H,2-4,9-10,15H2,1H3,(H,16,18)/t11-/m0/s1. The second-order valence-corrected chi connectivity index (χ2v) is 7.05. The van der Waals surface area contributed by atoms with E-state index in [9.17, 15) is 13.2 Å². The van der Waals surface area contributed by atoms with Crippen LogP contribution in [0.4, 0.5) is 0 Å². The van der Waals surface area contributed by atoms with Crippen LogP contribution in [0.25, 0.3) is 0 Å². The monoisotopic (exact) mass is 327 g/mol. The van der Waals surface area contributed by atoms with Crippen molar-refractivity contribution in [2.24, 2.45) is 11.8 Å². The molecule has 0 radical (unpaired) electrons. The first-order chi connectivity index (χ1) is 10.5. The van der Waals surface area contributed by atoms with E-state index in [1.165, 1.54) is 16.4 Å². The summed E-state index contributed by atoms with van der Waals surface area (Å²) in [4.78, 5) is 11.8. The van der Waals surface area contributed by atoms with Crippen LogP contribution in [0.2, 0.25) is 0 Å². The van der Waals surface area contributed by atoms with Gasteiger partial charge in [0.25, 0.3) is 0 Å². The summed E-state index contributed by atoms with van der Waals surface area (Å²) in [6.07, 6.45) is 1.27. The summed E-state index contributed by atoms with van der Waals surface area (Å²) in [7, 11) is -3.61. The van der Waals surface area contributed by atoms with Gasteiger partial charge >= 0.3 is 0 Å². The van der Waals surface area contributed by atoms with E-state index in [0.29, 0.717) is 31.7 Å². The number of rotatable bonds is 5. The van der Waals surface area contributed by atoms with Gasteiger partial charge in [0.2, 0.25) is 15.9 Å². The van der Waals surface area contributed by atoms with E-state index >= 15 is 0 Å². The third-order valence-corrected chi connectivity index (χ3v) is 5.55. The van der Waals surface area contributed by atoms with Crippen LogP contribution in [0.3, 0.4) is 0 Å². The normalized spacial score (nSPS) is 19.6. The third kappa shape index (κ3) is 3.57. The molecule has 0 aliphatic carbocycles. The van der Waals surface area contributed by atoms with Crippen LogP contribution < -0.4 is 16.0 Å². The SMILES string of the molecule is CCOc1ccc(S(=O)(=O)N2CCC[C@H](C(=O)NN)C2)cc1. The van der Waals surface area contributed by atoms with Crippen molar-refractivity contribution >= 4 is 15.9 Å². The number of hydrazine groups is 1. The van der Waals surface area contributed by atoms with Crippen molar-refractivity contribution in [3.8, 4) is 5.75 Å². The highest BCUT2D eigenvalue weighted by molar-refractivity contribution is 7.89. The summed E-state index contributed by atoms with van der Waals surface area (Å²) in [6, 6.07) is 6.30. The Morgan fingerprint density at radius 2 is 2.09 bits per heavy atom. The largest absolute Gasteiger partial charge is 0.494 e. The molecule has 1 aromatic rings. The Kier molecular flexibility index (Phi) is 5.38. The van der Waals surface area contributed by atoms with Gasteiger partial charge in [-0.3, -0.25) is 10.2 Å². The fourth-order valence-electron chi connectivity index (χ4n) is 2.52. The first-order valence-corrected chi connectivity index (χ1v) is 8.66. The highest BCUT2D eigenvalue weighted by Gasteiger charge is 2.33. The number of benzene rings is 1. The number of hydrogen-bond donors (Lipinski definition) is 2. The molecular formula is C14H21N3O4S. The molecule has 1 fully saturated rings. The first-order valence-electron chi connectivity index (χ1n) is 7.22. The lowest BCUT2D eigenvalue weighted by molar-refractivity contribution is -0.126. The molecule has 1 aliphatic heterocycles. The fourth-order valence-corrected chi connectivity index (χ4v) is 4.04. The summed E-state index contributed by atoms with van der Waals surface area (Å²) >= 11 is 0. The molecule has 122 valence electrons. The Morgan fingerprint density at radius 1 is 1.41 bits per heavy atom. The number of nitrogens with zero attached hydrogens (tertiary/aromatic N) is 1. The maximum absolute atomic E-state index is 12.6. The summed E-state index contributed by atoms with van der Waals surface area (Å²) in [5, 5.41) is 0. The van der Waals surface area contributed by atoms with E-state index in [-0.39, 0.29) is 17.3 Å². The average molecular weight is 327 g/mol. The fraction of sp³-hybridized carbons (Fsp3) is 0.500. The molecule has 2 rings (SSSR count). The van der Waals surface area contributed by atoms with Gasteiger partial charge in [0, 0.05) is 13.1 Å². The van der Waals surface area contributed by atoms with E-state index in [1.807, 2.05) is 6.92 Å². The molecule has 0 aromatic heterocycles. The van der Waals surface area contributed by atoms with Crippen molar-refractivity contribution in [1.29, 1.82) is 0 Å². The van der Waals surface area contributed by atoms with Crippen molar-refractivity contribution in [1.82, 2.24) is 9.73 Å². The average Bonchev–Trinajstić information content (AvgIpc) is 2.55. The predicted molar refractivity (Wildman–Crippen MR) is 81.4 cm³/mol. The summed E-state index contributed by atoms with van der Waals surface area (Å²) in [6.45, 7) is 2.94. The Labute approximate surface area is 130 Å². The zero-order chi connectivity index (χ0) is 16.2. The quantitative estimate of drug-likeness (QED) is 0.465. The Hall–Kier alpha value is -1.64.